The Kier molecular flexibility index (Phi) is 8.05. The molecular formula is C24H27BrN4O3. The van der Waals surface area contributed by atoms with Gasteiger partial charge in [0.1, 0.15) is 12.4 Å². The number of hydrogen-bond donors (Lipinski definition) is 2. The van der Waals surface area contributed by atoms with E-state index in [9.17, 15) is 9.59 Å². The number of halogens is 1. The van der Waals surface area contributed by atoms with E-state index in [0.717, 1.165) is 15.8 Å². The Labute approximate surface area is 196 Å². The van der Waals surface area contributed by atoms with Crippen molar-refractivity contribution in [3.05, 3.63) is 76.0 Å². The molecular weight excluding hydrogens is 472 g/mol. The van der Waals surface area contributed by atoms with Gasteiger partial charge in [-0.15, -0.1) is 0 Å². The molecule has 0 radical (unpaired) electrons. The Morgan fingerprint density at radius 1 is 1.12 bits per heavy atom. The molecule has 168 valence electrons. The van der Waals surface area contributed by atoms with Crippen LogP contribution in [-0.2, 0) is 13.2 Å². The normalized spacial score (nSPS) is 10.8. The Hall–Kier alpha value is -3.13. The molecule has 0 spiro atoms. The van der Waals surface area contributed by atoms with Crippen molar-refractivity contribution in [3.8, 4) is 5.75 Å². The standard InChI is InChI=1S/C24H27BrN4O3/c1-4-29-14-21(22(28-29)24(31)26-13-16(2)3)27-23(30)18-7-5-6-17(12-18)15-32-20-10-8-19(25)9-11-20/h5-12,14,16H,4,13,15H2,1-3H3,(H,26,31)(H,27,30). The molecule has 0 saturated carbocycles. The first kappa shape index (κ1) is 23.5. The molecule has 0 bridgehead atoms. The highest BCUT2D eigenvalue weighted by molar-refractivity contribution is 9.10. The number of hydrogen-bond acceptors (Lipinski definition) is 4. The second-order valence-electron chi connectivity index (χ2n) is 7.75. The van der Waals surface area contributed by atoms with Crippen molar-refractivity contribution in [2.24, 2.45) is 5.92 Å². The van der Waals surface area contributed by atoms with Gasteiger partial charge < -0.3 is 15.4 Å². The monoisotopic (exact) mass is 498 g/mol. The number of carbonyl (C=O) groups is 2. The van der Waals surface area contributed by atoms with Gasteiger partial charge in [0.05, 0.1) is 5.69 Å². The van der Waals surface area contributed by atoms with E-state index in [-0.39, 0.29) is 17.5 Å². The first-order valence-electron chi connectivity index (χ1n) is 10.5. The fourth-order valence-corrected chi connectivity index (χ4v) is 3.18. The molecule has 0 aliphatic carbocycles. The lowest BCUT2D eigenvalue weighted by atomic mass is 10.1. The number of anilines is 1. The molecule has 3 rings (SSSR count). The quantitative estimate of drug-likeness (QED) is 0.440. The topological polar surface area (TPSA) is 85.2 Å². The minimum absolute atomic E-state index is 0.204. The molecule has 0 unspecified atom stereocenters. The molecule has 32 heavy (non-hydrogen) atoms. The highest BCUT2D eigenvalue weighted by Crippen LogP contribution is 2.19. The second-order valence-corrected chi connectivity index (χ2v) is 8.66. The van der Waals surface area contributed by atoms with Gasteiger partial charge in [-0.3, -0.25) is 14.3 Å². The Bertz CT molecular complexity index is 1080. The number of nitrogens with one attached hydrogen (secondary N) is 2. The Balaban J connectivity index is 1.70. The lowest BCUT2D eigenvalue weighted by Gasteiger charge is -2.10. The second kappa shape index (κ2) is 10.9. The van der Waals surface area contributed by atoms with E-state index in [1.54, 1.807) is 29.1 Å². The van der Waals surface area contributed by atoms with Crippen LogP contribution in [0.15, 0.2) is 59.2 Å². The van der Waals surface area contributed by atoms with Gasteiger partial charge >= 0.3 is 0 Å². The van der Waals surface area contributed by atoms with Crippen molar-refractivity contribution in [2.45, 2.75) is 33.9 Å². The van der Waals surface area contributed by atoms with Crippen LogP contribution in [0, 0.1) is 5.92 Å². The Morgan fingerprint density at radius 3 is 2.56 bits per heavy atom. The van der Waals surface area contributed by atoms with Crippen LogP contribution in [0.5, 0.6) is 5.75 Å². The molecule has 0 aliphatic rings. The van der Waals surface area contributed by atoms with E-state index in [2.05, 4.69) is 31.7 Å². The van der Waals surface area contributed by atoms with E-state index < -0.39 is 0 Å². The molecule has 2 N–H and O–H groups in total. The van der Waals surface area contributed by atoms with E-state index in [0.29, 0.717) is 36.9 Å². The summed E-state index contributed by atoms with van der Waals surface area (Å²) in [5, 5.41) is 9.98. The average Bonchev–Trinajstić information content (AvgIpc) is 3.20. The molecule has 1 heterocycles. The first-order valence-corrected chi connectivity index (χ1v) is 11.3. The zero-order valence-corrected chi connectivity index (χ0v) is 20.0. The number of benzene rings is 2. The van der Waals surface area contributed by atoms with Crippen LogP contribution >= 0.6 is 15.9 Å². The molecule has 3 aromatic rings. The molecule has 0 atom stereocenters. The lowest BCUT2D eigenvalue weighted by Crippen LogP contribution is -2.28. The number of aryl methyl sites for hydroxylation is 1. The molecule has 0 fully saturated rings. The summed E-state index contributed by atoms with van der Waals surface area (Å²) < 4.78 is 8.40. The number of ether oxygens (including phenoxy) is 1. The van der Waals surface area contributed by atoms with Crippen molar-refractivity contribution in [1.82, 2.24) is 15.1 Å². The maximum atomic E-state index is 12.9. The first-order chi connectivity index (χ1) is 15.4. The van der Waals surface area contributed by atoms with E-state index >= 15 is 0 Å². The zero-order chi connectivity index (χ0) is 23.1. The summed E-state index contributed by atoms with van der Waals surface area (Å²) in [4.78, 5) is 25.4. The van der Waals surface area contributed by atoms with Gasteiger partial charge in [-0.2, -0.15) is 5.10 Å². The Morgan fingerprint density at radius 2 is 1.88 bits per heavy atom. The highest BCUT2D eigenvalue weighted by Gasteiger charge is 2.19. The third-order valence-corrected chi connectivity index (χ3v) is 5.16. The molecule has 2 amide bonds. The summed E-state index contributed by atoms with van der Waals surface area (Å²) in [6, 6.07) is 14.8. The minimum atomic E-state index is -0.316. The van der Waals surface area contributed by atoms with Crippen LogP contribution in [0.2, 0.25) is 0 Å². The van der Waals surface area contributed by atoms with Crippen LogP contribution in [0.1, 0.15) is 47.2 Å². The number of nitrogens with zero attached hydrogens (tertiary/aromatic N) is 2. The highest BCUT2D eigenvalue weighted by atomic mass is 79.9. The SMILES string of the molecule is CCn1cc(NC(=O)c2cccc(COc3ccc(Br)cc3)c2)c(C(=O)NCC(C)C)n1. The van der Waals surface area contributed by atoms with Gasteiger partial charge in [-0.05, 0) is 54.8 Å². The van der Waals surface area contributed by atoms with Gasteiger partial charge in [0.25, 0.3) is 11.8 Å². The third kappa shape index (κ3) is 6.43. The fourth-order valence-electron chi connectivity index (χ4n) is 2.92. The van der Waals surface area contributed by atoms with Crippen LogP contribution in [0.25, 0.3) is 0 Å². The lowest BCUT2D eigenvalue weighted by molar-refractivity contribution is 0.0944. The van der Waals surface area contributed by atoms with Gasteiger partial charge in [0.15, 0.2) is 5.69 Å². The van der Waals surface area contributed by atoms with Gasteiger partial charge in [0, 0.05) is 29.3 Å². The molecule has 1 aromatic heterocycles. The van der Waals surface area contributed by atoms with Crippen molar-refractivity contribution in [2.75, 3.05) is 11.9 Å². The van der Waals surface area contributed by atoms with E-state index in [4.69, 9.17) is 4.74 Å². The molecule has 2 aromatic carbocycles. The zero-order valence-electron chi connectivity index (χ0n) is 18.4. The van der Waals surface area contributed by atoms with Crippen molar-refractivity contribution in [3.63, 3.8) is 0 Å². The van der Waals surface area contributed by atoms with Crippen LogP contribution in [-0.4, -0.2) is 28.1 Å². The predicted octanol–water partition coefficient (Wildman–Crippen LogP) is 4.88. The van der Waals surface area contributed by atoms with E-state index in [1.165, 1.54) is 0 Å². The summed E-state index contributed by atoms with van der Waals surface area (Å²) in [5.74, 6) is 0.432. The summed E-state index contributed by atoms with van der Waals surface area (Å²) in [7, 11) is 0. The molecule has 0 aliphatic heterocycles. The predicted molar refractivity (Wildman–Crippen MR) is 128 cm³/mol. The van der Waals surface area contributed by atoms with Crippen LogP contribution in [0.4, 0.5) is 5.69 Å². The van der Waals surface area contributed by atoms with Gasteiger partial charge in [0.2, 0.25) is 0 Å². The molecule has 0 saturated heterocycles. The minimum Gasteiger partial charge on any atom is -0.489 e. The third-order valence-electron chi connectivity index (χ3n) is 4.63. The van der Waals surface area contributed by atoms with Crippen molar-refractivity contribution < 1.29 is 14.3 Å². The summed E-state index contributed by atoms with van der Waals surface area (Å²) in [6.45, 7) is 7.40. The molecule has 7 nitrogen and oxygen atoms in total. The number of aromatic nitrogens is 2. The smallest absolute Gasteiger partial charge is 0.273 e. The number of rotatable bonds is 9. The summed E-state index contributed by atoms with van der Waals surface area (Å²) >= 11 is 3.40. The maximum absolute atomic E-state index is 12.9. The number of amides is 2. The fraction of sp³-hybridized carbons (Fsp3) is 0.292. The largest absolute Gasteiger partial charge is 0.489 e. The van der Waals surface area contributed by atoms with Crippen LogP contribution in [0.3, 0.4) is 0 Å². The van der Waals surface area contributed by atoms with Gasteiger partial charge in [-0.25, -0.2) is 0 Å². The average molecular weight is 499 g/mol. The molecule has 8 heteroatoms. The van der Waals surface area contributed by atoms with Crippen LogP contribution < -0.4 is 15.4 Å². The van der Waals surface area contributed by atoms with E-state index in [1.807, 2.05) is 51.1 Å². The maximum Gasteiger partial charge on any atom is 0.273 e. The number of carbonyl (C=O) groups excluding carboxylic acids is 2. The summed E-state index contributed by atoms with van der Waals surface area (Å²) in [6.07, 6.45) is 1.67. The summed E-state index contributed by atoms with van der Waals surface area (Å²) in [5.41, 5.74) is 1.92. The van der Waals surface area contributed by atoms with Crippen molar-refractivity contribution >= 4 is 33.4 Å². The van der Waals surface area contributed by atoms with Gasteiger partial charge in [-0.1, -0.05) is 41.9 Å². The van der Waals surface area contributed by atoms with Crippen molar-refractivity contribution in [1.29, 1.82) is 0 Å².